The number of benzene rings is 1. The number of aliphatic imine (C=N–C) groups is 1. The molecule has 23 heavy (non-hydrogen) atoms. The Hall–Kier alpha value is -2.30. The number of nitrogens with one attached hydrogen (secondary N) is 1. The minimum absolute atomic E-state index is 0.703. The van der Waals surface area contributed by atoms with Gasteiger partial charge in [0.1, 0.15) is 0 Å². The van der Waals surface area contributed by atoms with Gasteiger partial charge in [-0.1, -0.05) is 30.3 Å². The van der Waals surface area contributed by atoms with E-state index in [2.05, 4.69) is 50.6 Å². The Morgan fingerprint density at radius 2 is 2.13 bits per heavy atom. The lowest BCUT2D eigenvalue weighted by molar-refractivity contribution is 0.460. The van der Waals surface area contributed by atoms with E-state index in [0.717, 1.165) is 32.0 Å². The second kappa shape index (κ2) is 7.31. The molecule has 1 N–H and O–H groups in total. The second-order valence-corrected chi connectivity index (χ2v) is 6.21. The topological polar surface area (TPSA) is 45.5 Å². The van der Waals surface area contributed by atoms with Gasteiger partial charge in [-0.2, -0.15) is 5.10 Å². The van der Waals surface area contributed by atoms with Gasteiger partial charge >= 0.3 is 0 Å². The summed E-state index contributed by atoms with van der Waals surface area (Å²) in [6, 6.07) is 10.8. The first-order valence-electron chi connectivity index (χ1n) is 8.21. The third-order valence-electron chi connectivity index (χ3n) is 4.37. The van der Waals surface area contributed by atoms with Crippen molar-refractivity contribution < 1.29 is 0 Å². The normalized spacial score (nSPS) is 18.4. The van der Waals surface area contributed by atoms with E-state index >= 15 is 0 Å². The van der Waals surface area contributed by atoms with Gasteiger partial charge in [-0.25, -0.2) is 0 Å². The van der Waals surface area contributed by atoms with Crippen LogP contribution in [0.4, 0.5) is 0 Å². The third kappa shape index (κ3) is 4.12. The second-order valence-electron chi connectivity index (χ2n) is 6.21. The van der Waals surface area contributed by atoms with E-state index in [-0.39, 0.29) is 0 Å². The van der Waals surface area contributed by atoms with Gasteiger partial charge in [0.2, 0.25) is 0 Å². The Morgan fingerprint density at radius 3 is 2.83 bits per heavy atom. The van der Waals surface area contributed by atoms with E-state index in [0.29, 0.717) is 5.92 Å². The van der Waals surface area contributed by atoms with Crippen molar-refractivity contribution in [2.24, 2.45) is 18.0 Å². The fraction of sp³-hybridized carbons (Fsp3) is 0.444. The monoisotopic (exact) mass is 311 g/mol. The Bertz CT molecular complexity index is 646. The van der Waals surface area contributed by atoms with E-state index in [1.54, 1.807) is 0 Å². The molecule has 1 aliphatic heterocycles. The average molecular weight is 311 g/mol. The standard InChI is InChI=1S/C18H25N5/c1-19-18(20-11-17-12-21-22(2)13-17)23-9-8-16(14-23)10-15-6-4-3-5-7-15/h3-7,12-13,16H,8-11,14H2,1-2H3,(H,19,20). The average Bonchev–Trinajstić information content (AvgIpc) is 3.19. The van der Waals surface area contributed by atoms with Crippen molar-refractivity contribution in [3.63, 3.8) is 0 Å². The van der Waals surface area contributed by atoms with Crippen LogP contribution in [0.5, 0.6) is 0 Å². The molecule has 0 amide bonds. The zero-order valence-electron chi connectivity index (χ0n) is 13.9. The number of aryl methyl sites for hydroxylation is 1. The summed E-state index contributed by atoms with van der Waals surface area (Å²) in [5.41, 5.74) is 2.60. The van der Waals surface area contributed by atoms with Crippen LogP contribution in [-0.4, -0.2) is 40.8 Å². The van der Waals surface area contributed by atoms with Crippen molar-refractivity contribution >= 4 is 5.96 Å². The Balaban J connectivity index is 1.52. The first kappa shape index (κ1) is 15.6. The number of guanidine groups is 1. The minimum atomic E-state index is 0.703. The zero-order chi connectivity index (χ0) is 16.1. The van der Waals surface area contributed by atoms with Gasteiger partial charge in [0, 0.05) is 45.5 Å². The van der Waals surface area contributed by atoms with Gasteiger partial charge in [0.15, 0.2) is 5.96 Å². The van der Waals surface area contributed by atoms with Crippen molar-refractivity contribution in [1.29, 1.82) is 0 Å². The number of rotatable bonds is 4. The molecule has 1 unspecified atom stereocenters. The fourth-order valence-corrected chi connectivity index (χ4v) is 3.22. The molecule has 0 aliphatic carbocycles. The maximum Gasteiger partial charge on any atom is 0.193 e. The van der Waals surface area contributed by atoms with Crippen LogP contribution in [-0.2, 0) is 20.0 Å². The Kier molecular flexibility index (Phi) is 4.95. The van der Waals surface area contributed by atoms with Crippen molar-refractivity contribution in [3.8, 4) is 0 Å². The molecule has 1 atom stereocenters. The van der Waals surface area contributed by atoms with Crippen LogP contribution in [0.1, 0.15) is 17.5 Å². The summed E-state index contributed by atoms with van der Waals surface area (Å²) in [6.07, 6.45) is 6.30. The number of hydrogen-bond donors (Lipinski definition) is 1. The van der Waals surface area contributed by atoms with Gasteiger partial charge in [-0.3, -0.25) is 9.67 Å². The van der Waals surface area contributed by atoms with Crippen molar-refractivity contribution in [1.82, 2.24) is 20.0 Å². The maximum atomic E-state index is 4.44. The minimum Gasteiger partial charge on any atom is -0.352 e. The molecule has 1 aromatic heterocycles. The molecule has 0 saturated carbocycles. The van der Waals surface area contributed by atoms with Crippen LogP contribution in [0.15, 0.2) is 47.7 Å². The summed E-state index contributed by atoms with van der Waals surface area (Å²) < 4.78 is 1.82. The lowest BCUT2D eigenvalue weighted by Gasteiger charge is -2.21. The molecule has 5 heteroatoms. The van der Waals surface area contributed by atoms with Gasteiger partial charge in [-0.05, 0) is 24.3 Å². The molecule has 2 aromatic rings. The van der Waals surface area contributed by atoms with E-state index < -0.39 is 0 Å². The van der Waals surface area contributed by atoms with Gasteiger partial charge in [0.25, 0.3) is 0 Å². The maximum absolute atomic E-state index is 4.44. The lowest BCUT2D eigenvalue weighted by Crippen LogP contribution is -2.39. The molecule has 1 saturated heterocycles. The number of nitrogens with zero attached hydrogens (tertiary/aromatic N) is 4. The van der Waals surface area contributed by atoms with Crippen molar-refractivity contribution in [3.05, 3.63) is 53.9 Å². The SMILES string of the molecule is CN=C(NCc1cnn(C)c1)N1CCC(Cc2ccccc2)C1. The molecule has 122 valence electrons. The first-order valence-corrected chi connectivity index (χ1v) is 8.21. The highest BCUT2D eigenvalue weighted by atomic mass is 15.3. The number of hydrogen-bond acceptors (Lipinski definition) is 2. The van der Waals surface area contributed by atoms with Crippen LogP contribution in [0, 0.1) is 5.92 Å². The summed E-state index contributed by atoms with van der Waals surface area (Å²) in [7, 11) is 3.79. The predicted octanol–water partition coefficient (Wildman–Crippen LogP) is 2.06. The Morgan fingerprint density at radius 1 is 1.30 bits per heavy atom. The summed E-state index contributed by atoms with van der Waals surface area (Å²) in [4.78, 5) is 6.80. The van der Waals surface area contributed by atoms with Gasteiger partial charge in [0.05, 0.1) is 6.20 Å². The van der Waals surface area contributed by atoms with E-state index in [1.165, 1.54) is 17.5 Å². The third-order valence-corrected chi connectivity index (χ3v) is 4.37. The molecule has 0 radical (unpaired) electrons. The quantitative estimate of drug-likeness (QED) is 0.694. The summed E-state index contributed by atoms with van der Waals surface area (Å²) in [5, 5.41) is 7.65. The van der Waals surface area contributed by atoms with E-state index in [1.807, 2.05) is 31.2 Å². The van der Waals surface area contributed by atoms with Gasteiger partial charge in [-0.15, -0.1) is 0 Å². The first-order chi connectivity index (χ1) is 11.2. The molecule has 3 rings (SSSR count). The van der Waals surface area contributed by atoms with Crippen LogP contribution in [0.2, 0.25) is 0 Å². The molecular formula is C18H25N5. The summed E-state index contributed by atoms with van der Waals surface area (Å²) in [5.74, 6) is 1.69. The molecule has 2 heterocycles. The summed E-state index contributed by atoms with van der Waals surface area (Å²) >= 11 is 0. The van der Waals surface area contributed by atoms with Crippen LogP contribution < -0.4 is 5.32 Å². The molecule has 1 aliphatic rings. The smallest absolute Gasteiger partial charge is 0.193 e. The molecule has 1 aromatic carbocycles. The molecular weight excluding hydrogens is 286 g/mol. The number of likely N-dealkylation sites (tertiary alicyclic amines) is 1. The van der Waals surface area contributed by atoms with E-state index in [4.69, 9.17) is 0 Å². The van der Waals surface area contributed by atoms with Gasteiger partial charge < -0.3 is 10.2 Å². The zero-order valence-corrected chi connectivity index (χ0v) is 13.9. The molecule has 1 fully saturated rings. The molecule has 5 nitrogen and oxygen atoms in total. The fourth-order valence-electron chi connectivity index (χ4n) is 3.22. The van der Waals surface area contributed by atoms with Crippen LogP contribution in [0.25, 0.3) is 0 Å². The largest absolute Gasteiger partial charge is 0.352 e. The van der Waals surface area contributed by atoms with Crippen LogP contribution in [0.3, 0.4) is 0 Å². The van der Waals surface area contributed by atoms with Crippen molar-refractivity contribution in [2.45, 2.75) is 19.4 Å². The highest BCUT2D eigenvalue weighted by molar-refractivity contribution is 5.80. The number of aromatic nitrogens is 2. The lowest BCUT2D eigenvalue weighted by atomic mass is 9.99. The van der Waals surface area contributed by atoms with E-state index in [9.17, 15) is 0 Å². The molecule has 0 spiro atoms. The highest BCUT2D eigenvalue weighted by Crippen LogP contribution is 2.20. The van der Waals surface area contributed by atoms with Crippen molar-refractivity contribution in [2.75, 3.05) is 20.1 Å². The predicted molar refractivity (Wildman–Crippen MR) is 93.2 cm³/mol. The van der Waals surface area contributed by atoms with Crippen LogP contribution >= 0.6 is 0 Å². The highest BCUT2D eigenvalue weighted by Gasteiger charge is 2.24. The Labute approximate surface area is 138 Å². The molecule has 0 bridgehead atoms. The summed E-state index contributed by atoms with van der Waals surface area (Å²) in [6.45, 7) is 2.91.